The number of hydrogen-bond donors (Lipinski definition) is 3. The molecule has 268 valence electrons. The van der Waals surface area contributed by atoms with E-state index in [0.717, 1.165) is 52.8 Å². The van der Waals surface area contributed by atoms with E-state index in [0.29, 0.717) is 65.4 Å². The molecule has 0 bridgehead atoms. The highest BCUT2D eigenvalue weighted by molar-refractivity contribution is 6.39. The molecule has 0 radical (unpaired) electrons. The van der Waals surface area contributed by atoms with Crippen molar-refractivity contribution in [3.05, 3.63) is 105 Å². The van der Waals surface area contributed by atoms with Crippen molar-refractivity contribution in [3.8, 4) is 39.4 Å². The SMILES string of the molecule is CNC(=O)[C@@H]1CCN(Cc2cnc3cc(-c4cccc(-c5cccc(-c6ccc(CNC[C@H]7CCC(=O)N7)c(OC)n6)c5Cl)c4Cl)ccn3c2=O)C1. The van der Waals surface area contributed by atoms with Crippen LogP contribution in [0.25, 0.3) is 39.2 Å². The van der Waals surface area contributed by atoms with Crippen molar-refractivity contribution in [1.82, 2.24) is 35.2 Å². The van der Waals surface area contributed by atoms with Crippen molar-refractivity contribution >= 4 is 40.7 Å². The second kappa shape index (κ2) is 15.4. The third kappa shape index (κ3) is 7.27. The molecule has 0 unspecified atom stereocenters. The van der Waals surface area contributed by atoms with Crippen LogP contribution in [0, 0.1) is 5.92 Å². The first-order valence-corrected chi connectivity index (χ1v) is 18.1. The molecule has 2 aromatic carbocycles. The summed E-state index contributed by atoms with van der Waals surface area (Å²) in [4.78, 5) is 48.6. The first kappa shape index (κ1) is 35.6. The van der Waals surface area contributed by atoms with Gasteiger partial charge in [0.1, 0.15) is 5.65 Å². The van der Waals surface area contributed by atoms with E-state index in [-0.39, 0.29) is 29.3 Å². The lowest BCUT2D eigenvalue weighted by molar-refractivity contribution is -0.124. The number of benzene rings is 2. The van der Waals surface area contributed by atoms with E-state index in [2.05, 4.69) is 25.8 Å². The summed E-state index contributed by atoms with van der Waals surface area (Å²) in [7, 11) is 3.24. The van der Waals surface area contributed by atoms with E-state index in [1.54, 1.807) is 31.0 Å². The molecule has 2 atom stereocenters. The van der Waals surface area contributed by atoms with Gasteiger partial charge in [0.15, 0.2) is 0 Å². The molecule has 2 fully saturated rings. The number of rotatable bonds is 11. The zero-order valence-corrected chi connectivity index (χ0v) is 30.4. The normalized spacial score (nSPS) is 17.4. The van der Waals surface area contributed by atoms with Gasteiger partial charge in [-0.3, -0.25) is 23.7 Å². The third-order valence-electron chi connectivity index (χ3n) is 9.86. The van der Waals surface area contributed by atoms with Crippen molar-refractivity contribution in [2.75, 3.05) is 33.8 Å². The molecule has 2 aliphatic heterocycles. The smallest absolute Gasteiger partial charge is 0.262 e. The molecular formula is C39H39Cl2N7O4. The molecule has 2 saturated heterocycles. The van der Waals surface area contributed by atoms with Gasteiger partial charge < -0.3 is 20.7 Å². The lowest BCUT2D eigenvalue weighted by atomic mass is 9.97. The Hall–Kier alpha value is -4.81. The fourth-order valence-electron chi connectivity index (χ4n) is 7.07. The molecule has 3 N–H and O–H groups in total. The number of amides is 2. The van der Waals surface area contributed by atoms with Crippen LogP contribution in [0.4, 0.5) is 0 Å². The van der Waals surface area contributed by atoms with Gasteiger partial charge in [-0.05, 0) is 43.1 Å². The molecule has 11 nitrogen and oxygen atoms in total. The van der Waals surface area contributed by atoms with Gasteiger partial charge in [-0.15, -0.1) is 0 Å². The summed E-state index contributed by atoms with van der Waals surface area (Å²) >= 11 is 14.2. The molecule has 2 aliphatic rings. The Morgan fingerprint density at radius 1 is 0.981 bits per heavy atom. The minimum atomic E-state index is -0.142. The van der Waals surface area contributed by atoms with Crippen molar-refractivity contribution in [2.45, 2.75) is 38.4 Å². The molecule has 0 spiro atoms. The number of ether oxygens (including phenoxy) is 1. The summed E-state index contributed by atoms with van der Waals surface area (Å²) in [5, 5.41) is 10.1. The number of nitrogens with zero attached hydrogens (tertiary/aromatic N) is 4. The van der Waals surface area contributed by atoms with Gasteiger partial charge in [0.2, 0.25) is 17.7 Å². The van der Waals surface area contributed by atoms with Gasteiger partial charge in [0.05, 0.1) is 34.3 Å². The molecule has 13 heteroatoms. The van der Waals surface area contributed by atoms with Crippen molar-refractivity contribution < 1.29 is 14.3 Å². The van der Waals surface area contributed by atoms with Crippen LogP contribution in [-0.4, -0.2) is 70.9 Å². The maximum absolute atomic E-state index is 13.4. The van der Waals surface area contributed by atoms with Gasteiger partial charge in [-0.2, -0.15) is 0 Å². The van der Waals surface area contributed by atoms with Gasteiger partial charge in [-0.25, -0.2) is 9.97 Å². The number of carbonyl (C=O) groups excluding carboxylic acids is 2. The van der Waals surface area contributed by atoms with Crippen LogP contribution in [0.3, 0.4) is 0 Å². The Kier molecular flexibility index (Phi) is 10.6. The molecule has 0 saturated carbocycles. The van der Waals surface area contributed by atoms with Crippen molar-refractivity contribution in [2.24, 2.45) is 5.92 Å². The number of likely N-dealkylation sites (tertiary alicyclic amines) is 1. The Balaban J connectivity index is 1.12. The number of aromatic nitrogens is 3. The molecule has 2 amide bonds. The van der Waals surface area contributed by atoms with E-state index >= 15 is 0 Å². The van der Waals surface area contributed by atoms with Crippen LogP contribution in [-0.2, 0) is 22.7 Å². The van der Waals surface area contributed by atoms with Gasteiger partial charge in [0.25, 0.3) is 5.56 Å². The molecule has 0 aliphatic carbocycles. The average molecular weight is 741 g/mol. The summed E-state index contributed by atoms with van der Waals surface area (Å²) in [6.45, 7) is 3.00. The lowest BCUT2D eigenvalue weighted by Gasteiger charge is -2.16. The quantitative estimate of drug-likeness (QED) is 0.166. The second-order valence-corrected chi connectivity index (χ2v) is 14.0. The largest absolute Gasteiger partial charge is 0.481 e. The minimum Gasteiger partial charge on any atom is -0.481 e. The van der Waals surface area contributed by atoms with Crippen molar-refractivity contribution in [1.29, 1.82) is 0 Å². The van der Waals surface area contributed by atoms with E-state index in [1.807, 2.05) is 60.7 Å². The number of halogens is 2. The standard InChI is InChI=1S/C39H39Cl2N7O4/c1-42-37(50)25-13-15-47(21-25)22-26-19-44-33-17-23(14-16-48(33)39(26)51)28-5-3-6-29(35(28)40)30-7-4-8-31(36(30)41)32-11-9-24(38(46-32)52-2)18-43-20-27-10-12-34(49)45-27/h3-9,11,14,16-17,19,25,27,43H,10,12-13,15,18,20-22H2,1-2H3,(H,42,50)(H,45,49)/t25-,27-/m1/s1. The number of hydrogen-bond acceptors (Lipinski definition) is 8. The third-order valence-corrected chi connectivity index (χ3v) is 10.7. The Labute approximate surface area is 311 Å². The molecular weight excluding hydrogens is 701 g/mol. The highest BCUT2D eigenvalue weighted by Crippen LogP contribution is 2.42. The first-order chi connectivity index (χ1) is 25.2. The van der Waals surface area contributed by atoms with Crippen LogP contribution >= 0.6 is 23.2 Å². The molecule has 7 rings (SSSR count). The van der Waals surface area contributed by atoms with Gasteiger partial charge in [-0.1, -0.05) is 65.7 Å². The number of nitrogens with one attached hydrogen (secondary N) is 3. The maximum atomic E-state index is 13.4. The summed E-state index contributed by atoms with van der Waals surface area (Å²) in [6, 6.07) is 19.3. The van der Waals surface area contributed by atoms with Crippen LogP contribution < -0.4 is 26.2 Å². The number of fused-ring (bicyclic) bond motifs is 1. The average Bonchev–Trinajstić information content (AvgIpc) is 3.81. The topological polar surface area (TPSA) is 130 Å². The van der Waals surface area contributed by atoms with E-state index in [9.17, 15) is 14.4 Å². The van der Waals surface area contributed by atoms with E-state index in [1.165, 1.54) is 0 Å². The fraction of sp³-hybridized carbons (Fsp3) is 0.308. The van der Waals surface area contributed by atoms with Crippen LogP contribution in [0.15, 0.2) is 77.9 Å². The highest BCUT2D eigenvalue weighted by Gasteiger charge is 2.28. The molecule has 5 heterocycles. The van der Waals surface area contributed by atoms with E-state index in [4.69, 9.17) is 32.9 Å². The minimum absolute atomic E-state index is 0.0298. The number of methoxy groups -OCH3 is 1. The van der Waals surface area contributed by atoms with Gasteiger partial charge >= 0.3 is 0 Å². The Morgan fingerprint density at radius 2 is 1.73 bits per heavy atom. The van der Waals surface area contributed by atoms with E-state index < -0.39 is 0 Å². The van der Waals surface area contributed by atoms with Crippen LogP contribution in [0.1, 0.15) is 30.4 Å². The zero-order chi connectivity index (χ0) is 36.4. The monoisotopic (exact) mass is 739 g/mol. The summed E-state index contributed by atoms with van der Waals surface area (Å²) in [6.07, 6.45) is 5.51. The van der Waals surface area contributed by atoms with Gasteiger partial charge in [0, 0.05) is 85.9 Å². The predicted molar refractivity (Wildman–Crippen MR) is 202 cm³/mol. The first-order valence-electron chi connectivity index (χ1n) is 17.3. The predicted octanol–water partition coefficient (Wildman–Crippen LogP) is 5.34. The molecule has 3 aromatic heterocycles. The summed E-state index contributed by atoms with van der Waals surface area (Å²) < 4.78 is 7.19. The summed E-state index contributed by atoms with van der Waals surface area (Å²) in [5.74, 6) is 0.543. The van der Waals surface area contributed by atoms with Crippen LogP contribution in [0.2, 0.25) is 10.0 Å². The number of carbonyl (C=O) groups is 2. The Bertz CT molecular complexity index is 2230. The summed E-state index contributed by atoms with van der Waals surface area (Å²) in [5.41, 5.74) is 6.29. The Morgan fingerprint density at radius 3 is 2.46 bits per heavy atom. The fourth-order valence-corrected chi connectivity index (χ4v) is 7.73. The van der Waals surface area contributed by atoms with Crippen LogP contribution in [0.5, 0.6) is 5.88 Å². The lowest BCUT2D eigenvalue weighted by Crippen LogP contribution is -2.35. The maximum Gasteiger partial charge on any atom is 0.262 e. The molecule has 52 heavy (non-hydrogen) atoms. The van der Waals surface area contributed by atoms with Crippen molar-refractivity contribution in [3.63, 3.8) is 0 Å². The highest BCUT2D eigenvalue weighted by atomic mass is 35.5. The second-order valence-electron chi connectivity index (χ2n) is 13.2. The zero-order valence-electron chi connectivity index (χ0n) is 28.9. The molecule has 5 aromatic rings. The number of pyridine rings is 2.